The van der Waals surface area contributed by atoms with E-state index in [1.165, 1.54) is 5.56 Å². The SMILES string of the molecule is CCc1nn(C)cc1CNC(C)c1ccc(C)cc1O. The van der Waals surface area contributed by atoms with Crippen LogP contribution in [0.1, 0.15) is 42.3 Å². The van der Waals surface area contributed by atoms with Crippen molar-refractivity contribution in [2.75, 3.05) is 0 Å². The van der Waals surface area contributed by atoms with E-state index < -0.39 is 0 Å². The fourth-order valence-corrected chi connectivity index (χ4v) is 2.42. The number of hydrogen-bond donors (Lipinski definition) is 2. The molecule has 0 aliphatic heterocycles. The average Bonchev–Trinajstić information content (AvgIpc) is 2.76. The van der Waals surface area contributed by atoms with Gasteiger partial charge in [-0.25, -0.2) is 0 Å². The molecule has 1 aromatic heterocycles. The second-order valence-electron chi connectivity index (χ2n) is 5.29. The van der Waals surface area contributed by atoms with Gasteiger partial charge in [0, 0.05) is 37.0 Å². The number of rotatable bonds is 5. The fourth-order valence-electron chi connectivity index (χ4n) is 2.42. The molecule has 0 fully saturated rings. The minimum Gasteiger partial charge on any atom is -0.508 e. The van der Waals surface area contributed by atoms with Gasteiger partial charge >= 0.3 is 0 Å². The predicted octanol–water partition coefficient (Wildman–Crippen LogP) is 2.85. The number of benzene rings is 1. The number of phenolic OH excluding ortho intramolecular Hbond substituents is 1. The number of phenols is 1. The summed E-state index contributed by atoms with van der Waals surface area (Å²) >= 11 is 0. The molecule has 1 atom stereocenters. The molecule has 0 spiro atoms. The van der Waals surface area contributed by atoms with Gasteiger partial charge < -0.3 is 10.4 Å². The summed E-state index contributed by atoms with van der Waals surface area (Å²) in [4.78, 5) is 0. The van der Waals surface area contributed by atoms with E-state index in [-0.39, 0.29) is 6.04 Å². The zero-order valence-corrected chi connectivity index (χ0v) is 12.6. The summed E-state index contributed by atoms with van der Waals surface area (Å²) in [5.74, 6) is 0.354. The Morgan fingerprint density at radius 3 is 2.80 bits per heavy atom. The molecule has 4 nitrogen and oxygen atoms in total. The Labute approximate surface area is 120 Å². The van der Waals surface area contributed by atoms with Crippen LogP contribution < -0.4 is 5.32 Å². The lowest BCUT2D eigenvalue weighted by molar-refractivity contribution is 0.452. The lowest BCUT2D eigenvalue weighted by Gasteiger charge is -2.16. The molecule has 0 aliphatic carbocycles. The zero-order chi connectivity index (χ0) is 14.7. The molecule has 4 heteroatoms. The van der Waals surface area contributed by atoms with Gasteiger partial charge in [-0.15, -0.1) is 0 Å². The Kier molecular flexibility index (Phi) is 4.45. The molecule has 1 heterocycles. The molecule has 1 aromatic carbocycles. The van der Waals surface area contributed by atoms with Crippen LogP contribution in [0.15, 0.2) is 24.4 Å². The van der Waals surface area contributed by atoms with Crippen LogP contribution in [-0.4, -0.2) is 14.9 Å². The van der Waals surface area contributed by atoms with Crippen molar-refractivity contribution in [3.8, 4) is 5.75 Å². The topological polar surface area (TPSA) is 50.1 Å². The van der Waals surface area contributed by atoms with E-state index in [9.17, 15) is 5.11 Å². The minimum atomic E-state index is 0.0977. The van der Waals surface area contributed by atoms with Gasteiger partial charge in [-0.2, -0.15) is 5.10 Å². The van der Waals surface area contributed by atoms with Gasteiger partial charge in [-0.05, 0) is 31.9 Å². The highest BCUT2D eigenvalue weighted by molar-refractivity contribution is 5.37. The summed E-state index contributed by atoms with van der Waals surface area (Å²) in [5, 5.41) is 17.9. The summed E-state index contributed by atoms with van der Waals surface area (Å²) in [7, 11) is 1.94. The summed E-state index contributed by atoms with van der Waals surface area (Å²) in [6, 6.07) is 5.90. The van der Waals surface area contributed by atoms with E-state index >= 15 is 0 Å². The number of aromatic hydroxyl groups is 1. The number of aromatic nitrogens is 2. The molecule has 0 radical (unpaired) electrons. The second-order valence-corrected chi connectivity index (χ2v) is 5.29. The number of nitrogens with zero attached hydrogens (tertiary/aromatic N) is 2. The standard InChI is InChI=1S/C16H23N3O/c1-5-15-13(10-19(4)18-15)9-17-12(3)14-7-6-11(2)8-16(14)20/h6-8,10,12,17,20H,5,9H2,1-4H3. The molecule has 20 heavy (non-hydrogen) atoms. The maximum Gasteiger partial charge on any atom is 0.120 e. The fraction of sp³-hybridized carbons (Fsp3) is 0.438. The molecule has 2 aromatic rings. The summed E-state index contributed by atoms with van der Waals surface area (Å²) in [6.45, 7) is 6.91. The quantitative estimate of drug-likeness (QED) is 0.880. The van der Waals surface area contributed by atoms with E-state index in [1.54, 1.807) is 6.07 Å². The smallest absolute Gasteiger partial charge is 0.120 e. The molecular formula is C16H23N3O. The van der Waals surface area contributed by atoms with Crippen LogP contribution in [0.4, 0.5) is 0 Å². The first-order chi connectivity index (χ1) is 9.51. The molecule has 2 rings (SSSR count). The van der Waals surface area contributed by atoms with Crippen LogP contribution in [0.5, 0.6) is 5.75 Å². The third-order valence-electron chi connectivity index (χ3n) is 3.58. The number of aryl methyl sites for hydroxylation is 3. The Bertz CT molecular complexity index is 589. The highest BCUT2D eigenvalue weighted by atomic mass is 16.3. The summed E-state index contributed by atoms with van der Waals surface area (Å²) < 4.78 is 1.85. The van der Waals surface area contributed by atoms with Crippen LogP contribution >= 0.6 is 0 Å². The third kappa shape index (κ3) is 3.20. The van der Waals surface area contributed by atoms with E-state index in [2.05, 4.69) is 24.3 Å². The van der Waals surface area contributed by atoms with Crippen LogP contribution in [0.25, 0.3) is 0 Å². The van der Waals surface area contributed by atoms with Gasteiger partial charge in [0.05, 0.1) is 5.69 Å². The van der Waals surface area contributed by atoms with Gasteiger partial charge in [0.2, 0.25) is 0 Å². The molecule has 0 saturated heterocycles. The zero-order valence-electron chi connectivity index (χ0n) is 12.6. The predicted molar refractivity (Wildman–Crippen MR) is 80.7 cm³/mol. The van der Waals surface area contributed by atoms with Crippen molar-refractivity contribution in [3.63, 3.8) is 0 Å². The van der Waals surface area contributed by atoms with Crippen molar-refractivity contribution in [1.29, 1.82) is 0 Å². The van der Waals surface area contributed by atoms with Crippen molar-refractivity contribution in [2.45, 2.75) is 39.8 Å². The van der Waals surface area contributed by atoms with E-state index in [0.717, 1.165) is 29.8 Å². The molecule has 0 aliphatic rings. The van der Waals surface area contributed by atoms with Crippen LogP contribution in [0.2, 0.25) is 0 Å². The second kappa shape index (κ2) is 6.09. The molecule has 2 N–H and O–H groups in total. The van der Waals surface area contributed by atoms with Crippen molar-refractivity contribution in [2.24, 2.45) is 7.05 Å². The molecule has 1 unspecified atom stereocenters. The van der Waals surface area contributed by atoms with Crippen LogP contribution in [0, 0.1) is 6.92 Å². The largest absolute Gasteiger partial charge is 0.508 e. The first kappa shape index (κ1) is 14.6. The maximum absolute atomic E-state index is 10.0. The maximum atomic E-state index is 10.0. The Hall–Kier alpha value is -1.81. The van der Waals surface area contributed by atoms with Crippen molar-refractivity contribution in [1.82, 2.24) is 15.1 Å². The molecule has 0 saturated carbocycles. The van der Waals surface area contributed by atoms with E-state index in [4.69, 9.17) is 0 Å². The lowest BCUT2D eigenvalue weighted by atomic mass is 10.0. The Balaban J connectivity index is 2.06. The van der Waals surface area contributed by atoms with Gasteiger partial charge in [0.15, 0.2) is 0 Å². The normalized spacial score (nSPS) is 12.6. The first-order valence-corrected chi connectivity index (χ1v) is 7.05. The Morgan fingerprint density at radius 2 is 2.15 bits per heavy atom. The van der Waals surface area contributed by atoms with Gasteiger partial charge in [-0.3, -0.25) is 4.68 Å². The van der Waals surface area contributed by atoms with E-state index in [0.29, 0.717) is 5.75 Å². The molecule has 108 valence electrons. The van der Waals surface area contributed by atoms with Crippen LogP contribution in [0.3, 0.4) is 0 Å². The number of hydrogen-bond acceptors (Lipinski definition) is 3. The molecule has 0 bridgehead atoms. The highest BCUT2D eigenvalue weighted by Gasteiger charge is 2.12. The Morgan fingerprint density at radius 1 is 1.40 bits per heavy atom. The monoisotopic (exact) mass is 273 g/mol. The summed E-state index contributed by atoms with van der Waals surface area (Å²) in [5.41, 5.74) is 4.34. The van der Waals surface area contributed by atoms with Crippen molar-refractivity contribution < 1.29 is 5.11 Å². The molecule has 0 amide bonds. The molecular weight excluding hydrogens is 250 g/mol. The van der Waals surface area contributed by atoms with Gasteiger partial charge in [-0.1, -0.05) is 19.1 Å². The van der Waals surface area contributed by atoms with E-state index in [1.807, 2.05) is 37.0 Å². The third-order valence-corrected chi connectivity index (χ3v) is 3.58. The minimum absolute atomic E-state index is 0.0977. The van der Waals surface area contributed by atoms with Crippen molar-refractivity contribution in [3.05, 3.63) is 46.8 Å². The first-order valence-electron chi connectivity index (χ1n) is 7.05. The lowest BCUT2D eigenvalue weighted by Crippen LogP contribution is -2.18. The van der Waals surface area contributed by atoms with Gasteiger partial charge in [0.25, 0.3) is 0 Å². The van der Waals surface area contributed by atoms with Crippen molar-refractivity contribution >= 4 is 0 Å². The highest BCUT2D eigenvalue weighted by Crippen LogP contribution is 2.25. The number of nitrogens with one attached hydrogen (secondary N) is 1. The average molecular weight is 273 g/mol. The van der Waals surface area contributed by atoms with Gasteiger partial charge in [0.1, 0.15) is 5.75 Å². The van der Waals surface area contributed by atoms with Crippen LogP contribution in [-0.2, 0) is 20.0 Å². The summed E-state index contributed by atoms with van der Waals surface area (Å²) in [6.07, 6.45) is 2.98.